The Kier molecular flexibility index (Phi) is 44.5. The second-order valence-electron chi connectivity index (χ2n) is 17.7. The molecule has 0 aromatic carbocycles. The number of carboxylic acids is 1. The predicted octanol–water partition coefficient (Wildman–Crippen LogP) is 14.4. The fourth-order valence-electron chi connectivity index (χ4n) is 7.47. The highest BCUT2D eigenvalue weighted by Gasteiger charge is 2.28. The maximum absolute atomic E-state index is 12.7. The van der Waals surface area contributed by atoms with Gasteiger partial charge in [0.15, 0.2) is 6.10 Å². The van der Waals surface area contributed by atoms with Crippen LogP contribution in [0, 0.1) is 0 Å². The van der Waals surface area contributed by atoms with Crippen LogP contribution in [0.15, 0.2) is 12.2 Å². The molecule has 366 valence electrons. The van der Waals surface area contributed by atoms with Gasteiger partial charge in [-0.3, -0.25) is 23.4 Å². The molecule has 4 N–H and O–H groups in total. The van der Waals surface area contributed by atoms with E-state index in [1.807, 2.05) is 0 Å². The fraction of sp³-hybridized carbons (Fsp3) is 0.900. The van der Waals surface area contributed by atoms with Crippen LogP contribution in [0.5, 0.6) is 0 Å². The van der Waals surface area contributed by atoms with Crippen molar-refractivity contribution in [2.24, 2.45) is 5.73 Å². The van der Waals surface area contributed by atoms with Crippen LogP contribution in [0.25, 0.3) is 0 Å². The first-order valence-corrected chi connectivity index (χ1v) is 27.2. The van der Waals surface area contributed by atoms with E-state index in [9.17, 15) is 23.8 Å². The van der Waals surface area contributed by atoms with E-state index in [0.29, 0.717) is 12.8 Å². The van der Waals surface area contributed by atoms with Crippen LogP contribution >= 0.6 is 7.82 Å². The molecule has 0 saturated carbocycles. The summed E-state index contributed by atoms with van der Waals surface area (Å²) >= 11 is 0. The molecule has 0 rings (SSSR count). The number of carbonyl (C=O) groups is 3. The number of nitrogens with two attached hydrogens (primary N) is 1. The highest BCUT2D eigenvalue weighted by molar-refractivity contribution is 7.47. The minimum atomic E-state index is -4.72. The molecule has 0 aromatic heterocycles. The molecule has 0 bridgehead atoms. The summed E-state index contributed by atoms with van der Waals surface area (Å²) in [6, 6.07) is -1.52. The zero-order valence-corrected chi connectivity index (χ0v) is 40.9. The van der Waals surface area contributed by atoms with Crippen molar-refractivity contribution in [3.63, 3.8) is 0 Å². The third-order valence-corrected chi connectivity index (χ3v) is 12.5. The van der Waals surface area contributed by atoms with E-state index in [4.69, 9.17) is 24.8 Å². The molecule has 0 spiro atoms. The van der Waals surface area contributed by atoms with Gasteiger partial charge in [-0.05, 0) is 38.5 Å². The van der Waals surface area contributed by atoms with Crippen molar-refractivity contribution in [2.45, 2.75) is 270 Å². The Bertz CT molecular complexity index is 1110. The number of aliphatic carboxylic acids is 1. The maximum Gasteiger partial charge on any atom is 0.472 e. The van der Waals surface area contributed by atoms with Crippen molar-refractivity contribution < 1.29 is 47.5 Å². The SMILES string of the molecule is CCCCCCCC/C=C/CCCCCCCCCCCCCC(=O)OC[C@H](COP(=O)(O)OC[C@H](N)C(=O)O)OC(=O)CCCCCCCCCCCCCCCCCCC. The Balaban J connectivity index is 4.20. The summed E-state index contributed by atoms with van der Waals surface area (Å²) in [5.74, 6) is -2.36. The molecule has 0 aliphatic heterocycles. The Labute approximate surface area is 379 Å². The monoisotopic (exact) mass is 902 g/mol. The first-order valence-electron chi connectivity index (χ1n) is 25.7. The van der Waals surface area contributed by atoms with Crippen LogP contribution in [0.2, 0.25) is 0 Å². The lowest BCUT2D eigenvalue weighted by molar-refractivity contribution is -0.161. The second-order valence-corrected chi connectivity index (χ2v) is 19.1. The average molecular weight is 902 g/mol. The first kappa shape index (κ1) is 60.2. The lowest BCUT2D eigenvalue weighted by atomic mass is 10.0. The Morgan fingerprint density at radius 2 is 0.806 bits per heavy atom. The lowest BCUT2D eigenvalue weighted by Gasteiger charge is -2.20. The molecule has 0 fully saturated rings. The molecular weight excluding hydrogens is 806 g/mol. The lowest BCUT2D eigenvalue weighted by Crippen LogP contribution is -2.34. The van der Waals surface area contributed by atoms with Gasteiger partial charge in [-0.2, -0.15) is 0 Å². The van der Waals surface area contributed by atoms with E-state index in [0.717, 1.165) is 38.5 Å². The molecule has 3 atom stereocenters. The molecule has 0 aliphatic rings. The number of phosphoric acid groups is 1. The van der Waals surface area contributed by atoms with Gasteiger partial charge >= 0.3 is 25.7 Å². The minimum absolute atomic E-state index is 0.168. The van der Waals surface area contributed by atoms with Gasteiger partial charge in [-0.15, -0.1) is 0 Å². The summed E-state index contributed by atoms with van der Waals surface area (Å²) in [5, 5.41) is 8.92. The van der Waals surface area contributed by atoms with Gasteiger partial charge in [0, 0.05) is 12.8 Å². The van der Waals surface area contributed by atoms with Crippen LogP contribution in [0.4, 0.5) is 0 Å². The molecular formula is C50H96NO10P. The highest BCUT2D eigenvalue weighted by atomic mass is 31.2. The smallest absolute Gasteiger partial charge is 0.472 e. The largest absolute Gasteiger partial charge is 0.480 e. The first-order chi connectivity index (χ1) is 30.1. The summed E-state index contributed by atoms with van der Waals surface area (Å²) in [5.41, 5.74) is 5.35. The van der Waals surface area contributed by atoms with Gasteiger partial charge in [0.05, 0.1) is 13.2 Å². The van der Waals surface area contributed by atoms with Gasteiger partial charge in [-0.1, -0.05) is 219 Å². The zero-order valence-electron chi connectivity index (χ0n) is 40.0. The summed E-state index contributed by atoms with van der Waals surface area (Å²) in [4.78, 5) is 46.2. The Hall–Kier alpha value is -1.78. The van der Waals surface area contributed by atoms with Crippen LogP contribution in [0.3, 0.4) is 0 Å². The van der Waals surface area contributed by atoms with Gasteiger partial charge < -0.3 is 25.2 Å². The van der Waals surface area contributed by atoms with Crippen molar-refractivity contribution >= 4 is 25.7 Å². The molecule has 11 nitrogen and oxygen atoms in total. The number of esters is 2. The number of rotatable bonds is 49. The molecule has 0 aliphatic carbocycles. The zero-order chi connectivity index (χ0) is 45.6. The maximum atomic E-state index is 12.7. The summed E-state index contributed by atoms with van der Waals surface area (Å²) in [6.45, 7) is 2.85. The van der Waals surface area contributed by atoms with Crippen LogP contribution in [-0.2, 0) is 37.5 Å². The Morgan fingerprint density at radius 3 is 1.18 bits per heavy atom. The van der Waals surface area contributed by atoms with E-state index in [1.165, 1.54) is 180 Å². The minimum Gasteiger partial charge on any atom is -0.480 e. The van der Waals surface area contributed by atoms with Crippen LogP contribution < -0.4 is 5.73 Å². The fourth-order valence-corrected chi connectivity index (χ4v) is 8.25. The van der Waals surface area contributed by atoms with E-state index in [1.54, 1.807) is 0 Å². The third kappa shape index (κ3) is 44.8. The van der Waals surface area contributed by atoms with Crippen molar-refractivity contribution in [3.8, 4) is 0 Å². The van der Waals surface area contributed by atoms with Gasteiger partial charge in [-0.25, -0.2) is 4.57 Å². The highest BCUT2D eigenvalue weighted by Crippen LogP contribution is 2.43. The average Bonchev–Trinajstić information content (AvgIpc) is 3.25. The van der Waals surface area contributed by atoms with Crippen molar-refractivity contribution in [3.05, 3.63) is 12.2 Å². The summed E-state index contributed by atoms with van der Waals surface area (Å²) in [6.07, 6.45) is 48.4. The van der Waals surface area contributed by atoms with Gasteiger partial charge in [0.2, 0.25) is 0 Å². The molecule has 0 radical (unpaired) electrons. The number of unbranched alkanes of at least 4 members (excludes halogenated alkanes) is 33. The molecule has 62 heavy (non-hydrogen) atoms. The normalized spacial score (nSPS) is 13.6. The van der Waals surface area contributed by atoms with Gasteiger partial charge in [0.25, 0.3) is 0 Å². The second kappa shape index (κ2) is 45.8. The van der Waals surface area contributed by atoms with E-state index in [2.05, 4.69) is 30.5 Å². The van der Waals surface area contributed by atoms with Crippen molar-refractivity contribution in [1.29, 1.82) is 0 Å². The molecule has 0 amide bonds. The molecule has 0 saturated heterocycles. The number of carbonyl (C=O) groups excluding carboxylic acids is 2. The standard InChI is InChI=1S/C50H96NO10P/c1-3-5-7-9-11-13-15-17-19-21-22-23-24-26-27-29-31-33-35-37-39-41-48(52)58-43-46(44-59-62(56,57)60-45-47(51)50(54)55)61-49(53)42-40-38-36-34-32-30-28-25-20-18-16-14-12-10-8-6-4-2/h17,19,46-47H,3-16,18,20-45,51H2,1-2H3,(H,54,55)(H,56,57)/b19-17+/t46-,47+/m1/s1. The molecule has 0 aromatic rings. The predicted molar refractivity (Wildman–Crippen MR) is 254 cm³/mol. The summed E-state index contributed by atoms with van der Waals surface area (Å²) in [7, 11) is -4.72. The topological polar surface area (TPSA) is 172 Å². The molecule has 12 heteroatoms. The van der Waals surface area contributed by atoms with Crippen LogP contribution in [-0.4, -0.2) is 59.9 Å². The third-order valence-electron chi connectivity index (χ3n) is 11.5. The van der Waals surface area contributed by atoms with Crippen molar-refractivity contribution in [2.75, 3.05) is 19.8 Å². The molecule has 1 unspecified atom stereocenters. The number of allylic oxidation sites excluding steroid dienone is 2. The van der Waals surface area contributed by atoms with E-state index >= 15 is 0 Å². The summed E-state index contributed by atoms with van der Waals surface area (Å²) < 4.78 is 32.9. The number of hydrogen-bond donors (Lipinski definition) is 3. The van der Waals surface area contributed by atoms with E-state index in [-0.39, 0.29) is 19.4 Å². The number of carboxylic acid groups (broad SMARTS) is 1. The Morgan fingerprint density at radius 1 is 0.484 bits per heavy atom. The van der Waals surface area contributed by atoms with E-state index < -0.39 is 51.1 Å². The molecule has 0 heterocycles. The quantitative estimate of drug-likeness (QED) is 0.0230. The van der Waals surface area contributed by atoms with Gasteiger partial charge in [0.1, 0.15) is 12.6 Å². The number of hydrogen-bond acceptors (Lipinski definition) is 9. The number of phosphoric ester groups is 1. The van der Waals surface area contributed by atoms with Crippen LogP contribution in [0.1, 0.15) is 258 Å². The number of ether oxygens (including phenoxy) is 2. The van der Waals surface area contributed by atoms with Crippen molar-refractivity contribution in [1.82, 2.24) is 0 Å².